The van der Waals surface area contributed by atoms with Gasteiger partial charge in [0.25, 0.3) is 0 Å². The van der Waals surface area contributed by atoms with Crippen molar-refractivity contribution in [3.8, 4) is 0 Å². The highest BCUT2D eigenvalue weighted by molar-refractivity contribution is 9.10. The van der Waals surface area contributed by atoms with Crippen LogP contribution < -0.4 is 5.32 Å². The molecule has 1 aliphatic rings. The monoisotopic (exact) mass is 362 g/mol. The minimum absolute atomic E-state index is 0.275. The molecule has 2 heterocycles. The number of halogens is 3. The minimum atomic E-state index is 0.275. The van der Waals surface area contributed by atoms with Crippen molar-refractivity contribution in [3.05, 3.63) is 42.7 Å². The molecule has 0 aromatic carbocycles. The predicted octanol–water partition coefficient (Wildman–Crippen LogP) is 5.31. The van der Waals surface area contributed by atoms with Gasteiger partial charge in [0.05, 0.1) is 16.1 Å². The van der Waals surface area contributed by atoms with Gasteiger partial charge in [-0.25, -0.2) is 4.98 Å². The van der Waals surface area contributed by atoms with Gasteiger partial charge in [-0.05, 0) is 46.5 Å². The molecule has 0 aliphatic heterocycles. The Labute approximate surface area is 127 Å². The number of aryl methyl sites for hydroxylation is 1. The van der Waals surface area contributed by atoms with Crippen molar-refractivity contribution < 1.29 is 0 Å². The van der Waals surface area contributed by atoms with E-state index in [2.05, 4.69) is 26.2 Å². The average molecular weight is 364 g/mol. The first-order valence-electron chi connectivity index (χ1n) is 5.49. The minimum Gasteiger partial charge on any atom is -0.376 e. The van der Waals surface area contributed by atoms with Crippen molar-refractivity contribution in [1.82, 2.24) is 4.98 Å². The summed E-state index contributed by atoms with van der Waals surface area (Å²) in [6.07, 6.45) is 3.83. The molecule has 1 N–H and O–H groups in total. The summed E-state index contributed by atoms with van der Waals surface area (Å²) in [5, 5.41) is 3.94. The fraction of sp³-hybridized carbons (Fsp3) is 0.250. The lowest BCUT2D eigenvalue weighted by Gasteiger charge is -2.15. The molecule has 0 bridgehead atoms. The number of pyridine rings is 1. The Hall–Kier alpha value is -0.290. The molecule has 0 fully saturated rings. The van der Waals surface area contributed by atoms with Crippen molar-refractivity contribution in [3.63, 3.8) is 0 Å². The van der Waals surface area contributed by atoms with Gasteiger partial charge in [0.15, 0.2) is 5.15 Å². The van der Waals surface area contributed by atoms with Gasteiger partial charge in [-0.1, -0.05) is 23.2 Å². The molecule has 2 nitrogen and oxygen atoms in total. The fourth-order valence-corrected chi connectivity index (χ4v) is 4.04. The Bertz CT molecular complexity index is 600. The first kappa shape index (κ1) is 12.7. The van der Waals surface area contributed by atoms with Crippen molar-refractivity contribution in [2.75, 3.05) is 5.32 Å². The second-order valence-electron chi connectivity index (χ2n) is 4.16. The largest absolute Gasteiger partial charge is 0.376 e. The van der Waals surface area contributed by atoms with E-state index >= 15 is 0 Å². The Morgan fingerprint density at radius 1 is 1.39 bits per heavy atom. The number of anilines is 1. The van der Waals surface area contributed by atoms with Crippen molar-refractivity contribution in [1.29, 1.82) is 0 Å². The molecule has 1 atom stereocenters. The highest BCUT2D eigenvalue weighted by atomic mass is 79.9. The maximum Gasteiger partial charge on any atom is 0.152 e. The summed E-state index contributed by atoms with van der Waals surface area (Å²) in [7, 11) is 0. The number of rotatable bonds is 2. The molecule has 18 heavy (non-hydrogen) atoms. The van der Waals surface area contributed by atoms with E-state index in [0.717, 1.165) is 27.3 Å². The molecule has 0 spiro atoms. The third-order valence-corrected chi connectivity index (χ3v) is 5.06. The SMILES string of the molecule is Clc1cc2c(s1)CCC2Nc1cc(Br)cnc1Cl. The van der Waals surface area contributed by atoms with E-state index < -0.39 is 0 Å². The Kier molecular flexibility index (Phi) is 3.54. The van der Waals surface area contributed by atoms with Gasteiger partial charge in [0.2, 0.25) is 0 Å². The number of nitrogens with one attached hydrogen (secondary N) is 1. The number of fused-ring (bicyclic) bond motifs is 1. The fourth-order valence-electron chi connectivity index (χ4n) is 2.19. The topological polar surface area (TPSA) is 24.9 Å². The highest BCUT2D eigenvalue weighted by Crippen LogP contribution is 2.41. The van der Waals surface area contributed by atoms with Gasteiger partial charge in [0.1, 0.15) is 0 Å². The molecule has 3 rings (SSSR count). The molecule has 2 aromatic rings. The van der Waals surface area contributed by atoms with Crippen LogP contribution in [0.15, 0.2) is 22.8 Å². The average Bonchev–Trinajstić information content (AvgIpc) is 2.84. The van der Waals surface area contributed by atoms with Crippen LogP contribution in [0.25, 0.3) is 0 Å². The lowest BCUT2D eigenvalue weighted by molar-refractivity contribution is 0.761. The van der Waals surface area contributed by atoms with E-state index in [1.54, 1.807) is 17.5 Å². The molecule has 2 aromatic heterocycles. The quantitative estimate of drug-likeness (QED) is 0.731. The van der Waals surface area contributed by atoms with Crippen molar-refractivity contribution in [2.45, 2.75) is 18.9 Å². The second-order valence-corrected chi connectivity index (χ2v) is 7.20. The summed E-state index contributed by atoms with van der Waals surface area (Å²) >= 11 is 17.2. The number of hydrogen-bond acceptors (Lipinski definition) is 3. The molecule has 0 radical (unpaired) electrons. The second kappa shape index (κ2) is 5.00. The summed E-state index contributed by atoms with van der Waals surface area (Å²) in [6, 6.07) is 4.27. The van der Waals surface area contributed by atoms with E-state index in [9.17, 15) is 0 Å². The van der Waals surface area contributed by atoms with Gasteiger partial charge in [-0.2, -0.15) is 0 Å². The number of aromatic nitrogens is 1. The van der Waals surface area contributed by atoms with Crippen LogP contribution in [0.1, 0.15) is 22.9 Å². The van der Waals surface area contributed by atoms with E-state index in [1.165, 1.54) is 10.4 Å². The molecule has 0 amide bonds. The lowest BCUT2D eigenvalue weighted by atomic mass is 10.1. The first-order chi connectivity index (χ1) is 8.63. The predicted molar refractivity (Wildman–Crippen MR) is 81.0 cm³/mol. The summed E-state index contributed by atoms with van der Waals surface area (Å²) in [4.78, 5) is 5.49. The highest BCUT2D eigenvalue weighted by Gasteiger charge is 2.25. The van der Waals surface area contributed by atoms with Crippen LogP contribution in [0, 0.1) is 0 Å². The van der Waals surface area contributed by atoms with Crippen LogP contribution in [0.2, 0.25) is 9.49 Å². The van der Waals surface area contributed by atoms with Gasteiger partial charge in [-0.15, -0.1) is 11.3 Å². The number of hydrogen-bond donors (Lipinski definition) is 1. The maximum absolute atomic E-state index is 6.09. The number of thiophene rings is 1. The third-order valence-electron chi connectivity index (χ3n) is 2.98. The molecular weight excluding hydrogens is 355 g/mol. The van der Waals surface area contributed by atoms with Crippen LogP contribution in [0.5, 0.6) is 0 Å². The summed E-state index contributed by atoms with van der Waals surface area (Å²) in [6.45, 7) is 0. The van der Waals surface area contributed by atoms with Crippen LogP contribution in [0.4, 0.5) is 5.69 Å². The van der Waals surface area contributed by atoms with Crippen LogP contribution in [-0.2, 0) is 6.42 Å². The molecular formula is C12H9BrCl2N2S. The molecule has 94 valence electrons. The van der Waals surface area contributed by atoms with Gasteiger partial charge >= 0.3 is 0 Å². The third kappa shape index (κ3) is 2.39. The molecule has 0 saturated heterocycles. The van der Waals surface area contributed by atoms with E-state index in [0.29, 0.717) is 5.15 Å². The summed E-state index contributed by atoms with van der Waals surface area (Å²) < 4.78 is 1.76. The van der Waals surface area contributed by atoms with E-state index in [1.807, 2.05) is 12.1 Å². The zero-order valence-electron chi connectivity index (χ0n) is 9.21. The zero-order chi connectivity index (χ0) is 12.7. The van der Waals surface area contributed by atoms with Crippen molar-refractivity contribution in [2.24, 2.45) is 0 Å². The van der Waals surface area contributed by atoms with E-state index in [4.69, 9.17) is 23.2 Å². The number of nitrogens with zero attached hydrogens (tertiary/aromatic N) is 1. The van der Waals surface area contributed by atoms with Gasteiger partial charge in [-0.3, -0.25) is 0 Å². The standard InChI is InChI=1S/C12H9BrCl2N2S/c13-6-3-9(12(15)16-5-6)17-8-1-2-10-7(8)4-11(14)18-10/h3-5,8,17H,1-2H2. The molecule has 1 aliphatic carbocycles. The molecule has 0 saturated carbocycles. The summed E-state index contributed by atoms with van der Waals surface area (Å²) in [5.74, 6) is 0. The van der Waals surface area contributed by atoms with Gasteiger partial charge in [0, 0.05) is 15.5 Å². The summed E-state index contributed by atoms with van der Waals surface area (Å²) in [5.41, 5.74) is 2.15. The Balaban J connectivity index is 1.88. The van der Waals surface area contributed by atoms with Crippen LogP contribution in [-0.4, -0.2) is 4.98 Å². The van der Waals surface area contributed by atoms with Crippen molar-refractivity contribution >= 4 is 56.2 Å². The Morgan fingerprint density at radius 2 is 2.22 bits per heavy atom. The van der Waals surface area contributed by atoms with E-state index in [-0.39, 0.29) is 6.04 Å². The first-order valence-corrected chi connectivity index (χ1v) is 7.85. The lowest BCUT2D eigenvalue weighted by Crippen LogP contribution is -2.07. The zero-order valence-corrected chi connectivity index (χ0v) is 13.1. The maximum atomic E-state index is 6.09. The van der Waals surface area contributed by atoms with Gasteiger partial charge < -0.3 is 5.32 Å². The Morgan fingerprint density at radius 3 is 3.06 bits per heavy atom. The van der Waals surface area contributed by atoms with Crippen LogP contribution >= 0.6 is 50.5 Å². The normalized spacial score (nSPS) is 17.8. The smallest absolute Gasteiger partial charge is 0.152 e. The molecule has 6 heteroatoms. The van der Waals surface area contributed by atoms with Crippen LogP contribution in [0.3, 0.4) is 0 Å². The molecule has 1 unspecified atom stereocenters.